The van der Waals surface area contributed by atoms with Crippen molar-refractivity contribution in [2.45, 2.75) is 116 Å². The van der Waals surface area contributed by atoms with Gasteiger partial charge >= 0.3 is 0 Å². The number of fused-ring (bicyclic) bond motifs is 6. The third-order valence-corrected chi connectivity index (χ3v) is 11.7. The molecular weight excluding hydrogens is 380 g/mol. The Bertz CT molecular complexity index is 762. The summed E-state index contributed by atoms with van der Waals surface area (Å²) >= 11 is 0. The third-order valence-electron chi connectivity index (χ3n) is 11.7. The number of allylic oxidation sites excluding steroid dienone is 1. The molecule has 3 heteroatoms. The Kier molecular flexibility index (Phi) is 4.99. The molecule has 5 fully saturated rings. The second kappa shape index (κ2) is 7.31. The van der Waals surface area contributed by atoms with Crippen LogP contribution in [-0.2, 0) is 4.74 Å². The molecule has 0 aromatic heterocycles. The topological polar surface area (TPSA) is 47.3 Å². The Morgan fingerprint density at radius 1 is 1.06 bits per heavy atom. The summed E-state index contributed by atoms with van der Waals surface area (Å²) in [6.07, 6.45) is 13.7. The summed E-state index contributed by atoms with van der Waals surface area (Å²) in [6.45, 7) is 11.2. The molecule has 0 radical (unpaired) electrons. The van der Waals surface area contributed by atoms with E-state index in [4.69, 9.17) is 10.5 Å². The summed E-state index contributed by atoms with van der Waals surface area (Å²) in [5, 5.41) is 3.87. The highest BCUT2D eigenvalue weighted by Crippen LogP contribution is 2.65. The van der Waals surface area contributed by atoms with E-state index in [1.54, 1.807) is 5.57 Å². The molecule has 174 valence electrons. The average molecular weight is 427 g/mol. The monoisotopic (exact) mass is 426 g/mol. The quantitative estimate of drug-likeness (QED) is 0.507. The second-order valence-electron chi connectivity index (χ2n) is 13.2. The highest BCUT2D eigenvalue weighted by Gasteiger charge is 2.59. The first-order valence-electron chi connectivity index (χ1n) is 13.7. The molecule has 3 saturated carbocycles. The van der Waals surface area contributed by atoms with Gasteiger partial charge in [0, 0.05) is 18.0 Å². The molecule has 3 nitrogen and oxygen atoms in total. The molecule has 0 aromatic rings. The lowest BCUT2D eigenvalue weighted by molar-refractivity contribution is -0.0745. The van der Waals surface area contributed by atoms with Crippen molar-refractivity contribution in [2.24, 2.45) is 46.7 Å². The van der Waals surface area contributed by atoms with Crippen molar-refractivity contribution in [1.82, 2.24) is 5.32 Å². The number of ether oxygens (including phenoxy) is 1. The molecule has 3 unspecified atom stereocenters. The van der Waals surface area contributed by atoms with Crippen LogP contribution in [0.15, 0.2) is 11.1 Å². The van der Waals surface area contributed by atoms with Gasteiger partial charge in [-0.3, -0.25) is 0 Å². The average Bonchev–Trinajstić information content (AvgIpc) is 3.19. The van der Waals surface area contributed by atoms with Crippen molar-refractivity contribution in [3.05, 3.63) is 11.1 Å². The summed E-state index contributed by atoms with van der Waals surface area (Å²) in [5.74, 6) is 4.92. The predicted octanol–water partition coefficient (Wildman–Crippen LogP) is 5.44. The Morgan fingerprint density at radius 2 is 1.90 bits per heavy atom. The van der Waals surface area contributed by atoms with E-state index >= 15 is 0 Å². The van der Waals surface area contributed by atoms with Gasteiger partial charge in [0.2, 0.25) is 0 Å². The maximum atomic E-state index is 7.04. The Labute approximate surface area is 190 Å². The largest absolute Gasteiger partial charge is 0.369 e. The van der Waals surface area contributed by atoms with Gasteiger partial charge in [0.05, 0.1) is 11.7 Å². The molecule has 1 spiro atoms. The van der Waals surface area contributed by atoms with E-state index in [1.807, 2.05) is 5.57 Å². The molecular formula is C28H46N2O. The zero-order valence-electron chi connectivity index (χ0n) is 20.5. The van der Waals surface area contributed by atoms with Crippen LogP contribution in [0.3, 0.4) is 0 Å². The van der Waals surface area contributed by atoms with Crippen molar-refractivity contribution in [3.8, 4) is 0 Å². The Morgan fingerprint density at radius 3 is 2.74 bits per heavy atom. The van der Waals surface area contributed by atoms with Crippen molar-refractivity contribution < 1.29 is 4.74 Å². The number of nitrogens with one attached hydrogen (secondary N) is 1. The first-order chi connectivity index (χ1) is 14.8. The van der Waals surface area contributed by atoms with Crippen molar-refractivity contribution in [3.63, 3.8) is 0 Å². The van der Waals surface area contributed by atoms with Crippen LogP contribution in [-0.4, -0.2) is 30.3 Å². The van der Waals surface area contributed by atoms with Crippen LogP contribution in [0, 0.1) is 40.9 Å². The van der Waals surface area contributed by atoms with Crippen molar-refractivity contribution >= 4 is 0 Å². The van der Waals surface area contributed by atoms with Gasteiger partial charge < -0.3 is 15.8 Å². The first kappa shape index (κ1) is 21.2. The zero-order valence-corrected chi connectivity index (χ0v) is 20.5. The SMILES string of the molecule is CC1=C2C[C@H]3[C@@H](CC[C@@H]4CC(N)CCC43C)[C@@H]2CC[C@@]2(C1)O[C@@H]1CC(C)CN[C@H]1[C@H]2C. The van der Waals surface area contributed by atoms with Gasteiger partial charge in [0.15, 0.2) is 0 Å². The summed E-state index contributed by atoms with van der Waals surface area (Å²) < 4.78 is 7.04. The fourth-order valence-corrected chi connectivity index (χ4v) is 9.86. The van der Waals surface area contributed by atoms with E-state index in [-0.39, 0.29) is 5.60 Å². The molecule has 6 rings (SSSR count). The summed E-state index contributed by atoms with van der Waals surface area (Å²) in [5.41, 5.74) is 10.6. The molecule has 0 bridgehead atoms. The molecule has 31 heavy (non-hydrogen) atoms. The highest BCUT2D eigenvalue weighted by molar-refractivity contribution is 5.29. The van der Waals surface area contributed by atoms with Crippen molar-refractivity contribution in [1.29, 1.82) is 0 Å². The summed E-state index contributed by atoms with van der Waals surface area (Å²) in [4.78, 5) is 0. The molecule has 11 atom stereocenters. The van der Waals surface area contributed by atoms with Gasteiger partial charge in [-0.15, -0.1) is 0 Å². The van der Waals surface area contributed by atoms with Gasteiger partial charge in [0.25, 0.3) is 0 Å². The standard InChI is InChI=1S/C28H46N2O/c1-16-11-25-26(30-15-16)18(3)28(31-25)10-8-21-22-6-5-19-12-20(29)7-9-27(19,4)24(22)13-23(21)17(2)14-28/h16,18-22,24-26,30H,5-15,29H2,1-4H3/t16?,18-,19-,20?,21+,22+,24+,25-,26+,27?,28+/m1/s1. The lowest BCUT2D eigenvalue weighted by Gasteiger charge is -2.54. The smallest absolute Gasteiger partial charge is 0.0765 e. The molecule has 0 amide bonds. The second-order valence-corrected chi connectivity index (χ2v) is 13.2. The van der Waals surface area contributed by atoms with Crippen LogP contribution in [0.2, 0.25) is 0 Å². The Balaban J connectivity index is 1.27. The van der Waals surface area contributed by atoms with E-state index in [2.05, 4.69) is 33.0 Å². The van der Waals surface area contributed by atoms with E-state index in [9.17, 15) is 0 Å². The summed E-state index contributed by atoms with van der Waals surface area (Å²) in [7, 11) is 0. The number of hydrogen-bond donors (Lipinski definition) is 2. The van der Waals surface area contributed by atoms with Gasteiger partial charge in [-0.05, 0) is 113 Å². The van der Waals surface area contributed by atoms with Crippen LogP contribution >= 0.6 is 0 Å². The minimum Gasteiger partial charge on any atom is -0.369 e. The van der Waals surface area contributed by atoms with Gasteiger partial charge in [0.1, 0.15) is 0 Å². The first-order valence-corrected chi connectivity index (χ1v) is 13.7. The van der Waals surface area contributed by atoms with E-state index in [0.29, 0.717) is 29.5 Å². The lowest BCUT2D eigenvalue weighted by Crippen LogP contribution is -2.49. The molecule has 6 aliphatic rings. The van der Waals surface area contributed by atoms with Gasteiger partial charge in [-0.2, -0.15) is 0 Å². The maximum Gasteiger partial charge on any atom is 0.0765 e. The molecule has 3 N–H and O–H groups in total. The minimum absolute atomic E-state index is 0.0853. The normalized spacial score (nSPS) is 56.6. The summed E-state index contributed by atoms with van der Waals surface area (Å²) in [6, 6.07) is 1.03. The van der Waals surface area contributed by atoms with Crippen LogP contribution in [0.25, 0.3) is 0 Å². The lowest BCUT2D eigenvalue weighted by atomic mass is 9.52. The van der Waals surface area contributed by atoms with Crippen molar-refractivity contribution in [2.75, 3.05) is 6.54 Å². The zero-order chi connectivity index (χ0) is 21.5. The number of nitrogens with two attached hydrogens (primary N) is 1. The molecule has 2 saturated heterocycles. The van der Waals surface area contributed by atoms with Crippen LogP contribution < -0.4 is 11.1 Å². The van der Waals surface area contributed by atoms with Gasteiger partial charge in [-0.1, -0.05) is 31.9 Å². The van der Waals surface area contributed by atoms with Crippen LogP contribution in [0.4, 0.5) is 0 Å². The van der Waals surface area contributed by atoms with Crippen LogP contribution in [0.5, 0.6) is 0 Å². The predicted molar refractivity (Wildman–Crippen MR) is 127 cm³/mol. The number of hydrogen-bond acceptors (Lipinski definition) is 3. The third kappa shape index (κ3) is 3.08. The number of piperidine rings is 1. The van der Waals surface area contributed by atoms with E-state index < -0.39 is 0 Å². The minimum atomic E-state index is 0.0853. The molecule has 2 aliphatic heterocycles. The Hall–Kier alpha value is -0.380. The van der Waals surface area contributed by atoms with Crippen LogP contribution in [0.1, 0.15) is 91.9 Å². The fourth-order valence-electron chi connectivity index (χ4n) is 9.86. The fraction of sp³-hybridized carbons (Fsp3) is 0.929. The molecule has 4 aliphatic carbocycles. The van der Waals surface area contributed by atoms with E-state index in [0.717, 1.165) is 29.6 Å². The number of rotatable bonds is 0. The molecule has 0 aromatic carbocycles. The molecule has 2 heterocycles. The van der Waals surface area contributed by atoms with Gasteiger partial charge in [-0.25, -0.2) is 0 Å². The highest BCUT2D eigenvalue weighted by atomic mass is 16.5. The maximum absolute atomic E-state index is 7.04. The van der Waals surface area contributed by atoms with E-state index in [1.165, 1.54) is 70.8 Å².